The van der Waals surface area contributed by atoms with Gasteiger partial charge in [0.1, 0.15) is 0 Å². The van der Waals surface area contributed by atoms with E-state index in [1.807, 2.05) is 0 Å². The number of nitrogens with zero attached hydrogens (tertiary/aromatic N) is 1. The lowest BCUT2D eigenvalue weighted by molar-refractivity contribution is 0.217. The quantitative estimate of drug-likeness (QED) is 0.881. The molecule has 0 aliphatic heterocycles. The third-order valence-corrected chi connectivity index (χ3v) is 4.64. The van der Waals surface area contributed by atoms with E-state index >= 15 is 0 Å². The van der Waals surface area contributed by atoms with Gasteiger partial charge in [0.05, 0.1) is 18.0 Å². The minimum atomic E-state index is -3.86. The lowest BCUT2D eigenvalue weighted by atomic mass is 10.3. The largest absolute Gasteiger partial charge is 0.384 e. The van der Waals surface area contributed by atoms with Crippen molar-refractivity contribution in [3.63, 3.8) is 0 Å². The first kappa shape index (κ1) is 17.0. The van der Waals surface area contributed by atoms with Crippen molar-refractivity contribution in [2.24, 2.45) is 0 Å². The molecule has 122 valence electrons. The van der Waals surface area contributed by atoms with Gasteiger partial charge >= 0.3 is 6.03 Å². The van der Waals surface area contributed by atoms with Crippen LogP contribution in [0.25, 0.3) is 0 Å². The first-order chi connectivity index (χ1) is 11.0. The topological polar surface area (TPSA) is 75.7 Å². The van der Waals surface area contributed by atoms with Gasteiger partial charge in [-0.3, -0.25) is 0 Å². The summed E-state index contributed by atoms with van der Waals surface area (Å²) < 4.78 is 30.6. The maximum Gasteiger partial charge on any atom is 0.340 e. The molecular formula is C16H18N2O4S. The number of benzene rings is 2. The fraction of sp³-hybridized carbons (Fsp3) is 0.188. The predicted molar refractivity (Wildman–Crippen MR) is 90.0 cm³/mol. The van der Waals surface area contributed by atoms with Crippen molar-refractivity contribution in [3.8, 4) is 0 Å². The highest BCUT2D eigenvalue weighted by atomic mass is 32.2. The van der Waals surface area contributed by atoms with Crippen LogP contribution in [0.4, 0.5) is 16.2 Å². The molecule has 0 bridgehead atoms. The lowest BCUT2D eigenvalue weighted by Gasteiger charge is -2.22. The molecule has 0 aromatic heterocycles. The number of hydrogen-bond donors (Lipinski definition) is 1. The van der Waals surface area contributed by atoms with Gasteiger partial charge in [0.15, 0.2) is 0 Å². The number of methoxy groups -OCH3 is 1. The first-order valence-corrected chi connectivity index (χ1v) is 8.58. The molecule has 23 heavy (non-hydrogen) atoms. The van der Waals surface area contributed by atoms with Gasteiger partial charge in [-0.15, -0.1) is 0 Å². The molecule has 2 rings (SSSR count). The van der Waals surface area contributed by atoms with Crippen LogP contribution in [0.15, 0.2) is 60.7 Å². The van der Waals surface area contributed by atoms with Crippen LogP contribution < -0.4 is 9.62 Å². The summed E-state index contributed by atoms with van der Waals surface area (Å²) in [4.78, 5) is 12.5. The number of carbonyl (C=O) groups excluding carboxylic acids is 1. The van der Waals surface area contributed by atoms with Crippen LogP contribution in [-0.4, -0.2) is 33.9 Å². The molecule has 2 aromatic carbocycles. The normalized spacial score (nSPS) is 11.0. The molecule has 0 spiro atoms. The van der Waals surface area contributed by atoms with E-state index in [0.29, 0.717) is 5.69 Å². The Labute approximate surface area is 135 Å². The Hall–Kier alpha value is -2.38. The number of rotatable bonds is 6. The van der Waals surface area contributed by atoms with E-state index < -0.39 is 16.1 Å². The Kier molecular flexibility index (Phi) is 5.72. The van der Waals surface area contributed by atoms with Gasteiger partial charge < -0.3 is 10.1 Å². The summed E-state index contributed by atoms with van der Waals surface area (Å²) >= 11 is 0. The van der Waals surface area contributed by atoms with E-state index in [9.17, 15) is 13.2 Å². The van der Waals surface area contributed by atoms with E-state index in [-0.39, 0.29) is 18.0 Å². The molecule has 2 aromatic rings. The zero-order valence-electron chi connectivity index (χ0n) is 12.7. The Morgan fingerprint density at radius 1 is 1.04 bits per heavy atom. The lowest BCUT2D eigenvalue weighted by Crippen LogP contribution is -2.42. The number of amides is 2. The molecule has 2 amide bonds. The fourth-order valence-electron chi connectivity index (χ4n) is 1.94. The molecule has 0 unspecified atom stereocenters. The number of para-hydroxylation sites is 2. The zero-order valence-corrected chi connectivity index (χ0v) is 13.5. The molecule has 0 aliphatic carbocycles. The molecule has 6 nitrogen and oxygen atoms in total. The summed E-state index contributed by atoms with van der Waals surface area (Å²) in [6.45, 7) is 0.00425. The molecule has 0 atom stereocenters. The number of urea groups is 1. The van der Waals surface area contributed by atoms with Gasteiger partial charge in [-0.05, 0) is 24.3 Å². The van der Waals surface area contributed by atoms with E-state index in [1.165, 1.54) is 7.11 Å². The summed E-state index contributed by atoms with van der Waals surface area (Å²) in [6.07, 6.45) is 0. The average Bonchev–Trinajstić information content (AvgIpc) is 2.55. The second kappa shape index (κ2) is 7.75. The molecule has 1 N–H and O–H groups in total. The van der Waals surface area contributed by atoms with Gasteiger partial charge in [0.25, 0.3) is 0 Å². The highest BCUT2D eigenvalue weighted by Gasteiger charge is 2.29. The Balaban J connectivity index is 2.32. The Bertz CT molecular complexity index is 733. The molecule has 0 heterocycles. The zero-order chi connectivity index (χ0) is 16.7. The second-order valence-electron chi connectivity index (χ2n) is 4.70. The van der Waals surface area contributed by atoms with Crippen molar-refractivity contribution in [1.82, 2.24) is 0 Å². The van der Waals surface area contributed by atoms with Crippen LogP contribution in [0.2, 0.25) is 0 Å². The van der Waals surface area contributed by atoms with E-state index in [2.05, 4.69) is 5.32 Å². The van der Waals surface area contributed by atoms with E-state index in [0.717, 1.165) is 4.31 Å². The smallest absolute Gasteiger partial charge is 0.340 e. The average molecular weight is 334 g/mol. The van der Waals surface area contributed by atoms with Crippen LogP contribution >= 0.6 is 0 Å². The predicted octanol–water partition coefficient (Wildman–Crippen LogP) is 2.70. The van der Waals surface area contributed by atoms with Crippen molar-refractivity contribution in [3.05, 3.63) is 60.7 Å². The minimum absolute atomic E-state index is 0.00425. The number of sulfonamides is 1. The second-order valence-corrected chi connectivity index (χ2v) is 6.64. The maximum atomic E-state index is 12.5. The van der Waals surface area contributed by atoms with Gasteiger partial charge in [-0.25, -0.2) is 13.2 Å². The highest BCUT2D eigenvalue weighted by molar-refractivity contribution is 7.93. The van der Waals surface area contributed by atoms with Crippen LogP contribution in [0.1, 0.15) is 0 Å². The Morgan fingerprint density at radius 3 is 2.17 bits per heavy atom. The van der Waals surface area contributed by atoms with Crippen molar-refractivity contribution in [2.75, 3.05) is 29.1 Å². The molecule has 0 saturated carbocycles. The summed E-state index contributed by atoms with van der Waals surface area (Å²) in [5.41, 5.74) is 0.789. The van der Waals surface area contributed by atoms with Gasteiger partial charge in [-0.2, -0.15) is 4.31 Å². The molecule has 0 aliphatic rings. The van der Waals surface area contributed by atoms with Crippen LogP contribution in [0.5, 0.6) is 0 Å². The SMILES string of the molecule is COCCS(=O)(=O)N(C(=O)Nc1ccccc1)c1ccccc1. The summed E-state index contributed by atoms with van der Waals surface area (Å²) in [5.74, 6) is -0.291. The van der Waals surface area contributed by atoms with Crippen molar-refractivity contribution in [2.45, 2.75) is 0 Å². The van der Waals surface area contributed by atoms with Crippen molar-refractivity contribution in [1.29, 1.82) is 0 Å². The highest BCUT2D eigenvalue weighted by Crippen LogP contribution is 2.20. The maximum absolute atomic E-state index is 12.5. The third-order valence-electron chi connectivity index (χ3n) is 3.02. The van der Waals surface area contributed by atoms with Crippen LogP contribution in [-0.2, 0) is 14.8 Å². The first-order valence-electron chi connectivity index (χ1n) is 6.97. The van der Waals surface area contributed by atoms with Crippen LogP contribution in [0.3, 0.4) is 0 Å². The standard InChI is InChI=1S/C16H18N2O4S/c1-22-12-13-23(20,21)18(15-10-6-3-7-11-15)16(19)17-14-8-4-2-5-9-14/h2-11H,12-13H2,1H3,(H,17,19). The number of hydrogen-bond acceptors (Lipinski definition) is 4. The third kappa shape index (κ3) is 4.54. The van der Waals surface area contributed by atoms with Gasteiger partial charge in [-0.1, -0.05) is 36.4 Å². The molecular weight excluding hydrogens is 316 g/mol. The summed E-state index contributed by atoms with van der Waals surface area (Å²) in [5, 5.41) is 2.59. The molecule has 0 fully saturated rings. The van der Waals surface area contributed by atoms with Gasteiger partial charge in [0, 0.05) is 12.8 Å². The number of nitrogens with one attached hydrogen (secondary N) is 1. The monoisotopic (exact) mass is 334 g/mol. The van der Waals surface area contributed by atoms with Gasteiger partial charge in [0.2, 0.25) is 10.0 Å². The number of carbonyl (C=O) groups is 1. The van der Waals surface area contributed by atoms with Crippen molar-refractivity contribution < 1.29 is 17.9 Å². The Morgan fingerprint density at radius 2 is 1.61 bits per heavy atom. The molecule has 0 saturated heterocycles. The van der Waals surface area contributed by atoms with Crippen molar-refractivity contribution >= 4 is 27.4 Å². The fourth-order valence-corrected chi connectivity index (χ4v) is 3.24. The molecule has 0 radical (unpaired) electrons. The van der Waals surface area contributed by atoms with E-state index in [4.69, 9.17) is 4.74 Å². The summed E-state index contributed by atoms with van der Waals surface area (Å²) in [6, 6.07) is 16.2. The van der Waals surface area contributed by atoms with Crippen LogP contribution in [0, 0.1) is 0 Å². The summed E-state index contributed by atoms with van der Waals surface area (Å²) in [7, 11) is -2.45. The number of ether oxygens (including phenoxy) is 1. The van der Waals surface area contributed by atoms with E-state index in [1.54, 1.807) is 60.7 Å². The number of anilines is 2. The minimum Gasteiger partial charge on any atom is -0.384 e. The molecule has 7 heteroatoms.